The summed E-state index contributed by atoms with van der Waals surface area (Å²) in [4.78, 5) is 1.03. The molecule has 4 aromatic rings. The van der Waals surface area contributed by atoms with Gasteiger partial charge in [-0.15, -0.1) is 0 Å². The summed E-state index contributed by atoms with van der Waals surface area (Å²) < 4.78 is 66.7. The lowest BCUT2D eigenvalue weighted by Crippen LogP contribution is -2.15. The Kier molecular flexibility index (Phi) is 6.55. The fourth-order valence-corrected chi connectivity index (χ4v) is 5.68. The predicted octanol–water partition coefficient (Wildman–Crippen LogP) is 8.12. The summed E-state index contributed by atoms with van der Waals surface area (Å²) >= 11 is 13.5. The Morgan fingerprint density at radius 3 is 2.24 bits per heavy atom. The van der Waals surface area contributed by atoms with E-state index in [0.29, 0.717) is 17.0 Å². The molecule has 0 saturated carbocycles. The summed E-state index contributed by atoms with van der Waals surface area (Å²) in [5.41, 5.74) is -1.05. The van der Waals surface area contributed by atoms with Gasteiger partial charge < -0.3 is 0 Å². The average molecular weight is 528 g/mol. The van der Waals surface area contributed by atoms with Crippen LogP contribution in [0.15, 0.2) is 93.5 Å². The van der Waals surface area contributed by atoms with Crippen molar-refractivity contribution in [1.82, 2.24) is 0 Å². The van der Waals surface area contributed by atoms with Gasteiger partial charge in [0.2, 0.25) is 0 Å². The minimum absolute atomic E-state index is 0.108. The number of halogens is 5. The SMILES string of the molecule is O=S(=O)(Nc1ccc(Sc2ccc3ccccc3c2)c(Cl)c1)c1cc(Cl)cc(C(F)(F)F)c1. The van der Waals surface area contributed by atoms with Gasteiger partial charge in [-0.1, -0.05) is 65.3 Å². The first-order chi connectivity index (χ1) is 15.5. The minimum atomic E-state index is -4.74. The van der Waals surface area contributed by atoms with Crippen LogP contribution in [0.4, 0.5) is 18.9 Å². The molecular weight excluding hydrogens is 514 g/mol. The molecule has 33 heavy (non-hydrogen) atoms. The Hall–Kier alpha value is -2.39. The topological polar surface area (TPSA) is 46.2 Å². The quantitative estimate of drug-likeness (QED) is 0.285. The second-order valence-corrected chi connectivity index (χ2v) is 10.7. The van der Waals surface area contributed by atoms with Gasteiger partial charge in [0.25, 0.3) is 10.0 Å². The van der Waals surface area contributed by atoms with E-state index in [1.165, 1.54) is 23.9 Å². The van der Waals surface area contributed by atoms with E-state index >= 15 is 0 Å². The van der Waals surface area contributed by atoms with Crippen molar-refractivity contribution in [2.75, 3.05) is 4.72 Å². The lowest BCUT2D eigenvalue weighted by molar-refractivity contribution is -0.137. The van der Waals surface area contributed by atoms with Gasteiger partial charge in [-0.05, 0) is 59.3 Å². The van der Waals surface area contributed by atoms with Crippen LogP contribution in [-0.2, 0) is 16.2 Å². The van der Waals surface area contributed by atoms with Crippen LogP contribution in [0.1, 0.15) is 5.56 Å². The van der Waals surface area contributed by atoms with Gasteiger partial charge >= 0.3 is 6.18 Å². The Balaban J connectivity index is 1.57. The van der Waals surface area contributed by atoms with Gasteiger partial charge in [-0.3, -0.25) is 4.72 Å². The zero-order valence-corrected chi connectivity index (χ0v) is 19.7. The molecule has 10 heteroatoms. The maximum absolute atomic E-state index is 13.0. The van der Waals surface area contributed by atoms with Crippen molar-refractivity contribution >= 4 is 61.4 Å². The molecule has 3 nitrogen and oxygen atoms in total. The standard InChI is InChI=1S/C23H14Cl2F3NO2S2/c24-17-10-16(23(26,27)28)11-20(12-17)33(30,31)29-18-6-8-22(21(25)13-18)32-19-7-5-14-3-1-2-4-15(14)9-19/h1-13,29H. The van der Waals surface area contributed by atoms with Crippen molar-refractivity contribution in [1.29, 1.82) is 0 Å². The third-order valence-electron chi connectivity index (χ3n) is 4.64. The van der Waals surface area contributed by atoms with E-state index in [9.17, 15) is 21.6 Å². The van der Waals surface area contributed by atoms with E-state index in [4.69, 9.17) is 23.2 Å². The van der Waals surface area contributed by atoms with Gasteiger partial charge in [0.05, 0.1) is 21.2 Å². The molecule has 0 radical (unpaired) electrons. The first-order valence-electron chi connectivity index (χ1n) is 9.38. The van der Waals surface area contributed by atoms with Gasteiger partial charge in [0, 0.05) is 14.8 Å². The number of fused-ring (bicyclic) bond motifs is 1. The number of sulfonamides is 1. The molecule has 0 spiro atoms. The largest absolute Gasteiger partial charge is 0.416 e. The molecule has 1 N–H and O–H groups in total. The van der Waals surface area contributed by atoms with E-state index in [0.717, 1.165) is 21.7 Å². The van der Waals surface area contributed by atoms with Gasteiger partial charge in [-0.2, -0.15) is 13.2 Å². The Morgan fingerprint density at radius 2 is 1.55 bits per heavy atom. The summed E-state index contributed by atoms with van der Waals surface area (Å²) in [6.45, 7) is 0. The van der Waals surface area contributed by atoms with E-state index in [-0.39, 0.29) is 15.7 Å². The van der Waals surface area contributed by atoms with Crippen molar-refractivity contribution in [2.45, 2.75) is 20.9 Å². The first kappa shape index (κ1) is 23.8. The van der Waals surface area contributed by atoms with E-state index in [1.807, 2.05) is 42.5 Å². The molecule has 0 atom stereocenters. The number of nitrogens with one attached hydrogen (secondary N) is 1. The molecule has 0 fully saturated rings. The number of benzene rings is 4. The monoisotopic (exact) mass is 527 g/mol. The summed E-state index contributed by atoms with van der Waals surface area (Å²) in [5, 5.41) is 2.12. The maximum atomic E-state index is 13.0. The van der Waals surface area contributed by atoms with Crippen LogP contribution >= 0.6 is 35.0 Å². The summed E-state index contributed by atoms with van der Waals surface area (Å²) in [6, 6.07) is 20.5. The van der Waals surface area contributed by atoms with E-state index < -0.39 is 26.7 Å². The van der Waals surface area contributed by atoms with Crippen LogP contribution in [0.2, 0.25) is 10.0 Å². The average Bonchev–Trinajstić information content (AvgIpc) is 2.74. The molecule has 0 unspecified atom stereocenters. The molecule has 0 aliphatic carbocycles. The third kappa shape index (κ3) is 5.58. The lowest BCUT2D eigenvalue weighted by Gasteiger charge is -2.13. The Bertz CT molecular complexity index is 1460. The molecule has 0 aliphatic rings. The number of hydrogen-bond donors (Lipinski definition) is 1. The molecule has 0 amide bonds. The fraction of sp³-hybridized carbons (Fsp3) is 0.0435. The molecule has 4 rings (SSSR count). The van der Waals surface area contributed by atoms with Crippen LogP contribution < -0.4 is 4.72 Å². The second-order valence-electron chi connectivity index (χ2n) is 7.04. The second kappa shape index (κ2) is 9.10. The highest BCUT2D eigenvalue weighted by Crippen LogP contribution is 2.37. The Morgan fingerprint density at radius 1 is 0.818 bits per heavy atom. The molecular formula is C23H14Cl2F3NO2S2. The molecule has 0 bridgehead atoms. The fourth-order valence-electron chi connectivity index (χ4n) is 3.10. The van der Waals surface area contributed by atoms with Crippen LogP contribution in [0.3, 0.4) is 0 Å². The van der Waals surface area contributed by atoms with Gasteiger partial charge in [-0.25, -0.2) is 8.42 Å². The highest BCUT2D eigenvalue weighted by molar-refractivity contribution is 7.99. The number of hydrogen-bond acceptors (Lipinski definition) is 3. The van der Waals surface area contributed by atoms with Crippen molar-refractivity contribution in [3.63, 3.8) is 0 Å². The van der Waals surface area contributed by atoms with E-state index in [2.05, 4.69) is 4.72 Å². The smallest absolute Gasteiger partial charge is 0.280 e. The van der Waals surface area contributed by atoms with E-state index in [1.54, 1.807) is 6.07 Å². The van der Waals surface area contributed by atoms with Crippen molar-refractivity contribution in [3.8, 4) is 0 Å². The molecule has 0 heterocycles. The number of rotatable bonds is 5. The molecule has 4 aromatic carbocycles. The first-order valence-corrected chi connectivity index (χ1v) is 12.4. The van der Waals surface area contributed by atoms with Crippen LogP contribution in [0.5, 0.6) is 0 Å². The number of alkyl halides is 3. The molecule has 0 aromatic heterocycles. The van der Waals surface area contributed by atoms with Crippen LogP contribution in [0, 0.1) is 0 Å². The van der Waals surface area contributed by atoms with Gasteiger partial charge in [0.1, 0.15) is 0 Å². The van der Waals surface area contributed by atoms with Crippen molar-refractivity contribution < 1.29 is 21.6 Å². The summed E-state index contributed by atoms with van der Waals surface area (Å²) in [7, 11) is -4.33. The normalized spacial score (nSPS) is 12.2. The zero-order valence-electron chi connectivity index (χ0n) is 16.5. The number of anilines is 1. The molecule has 0 saturated heterocycles. The van der Waals surface area contributed by atoms with Crippen LogP contribution in [-0.4, -0.2) is 8.42 Å². The van der Waals surface area contributed by atoms with Crippen molar-refractivity contribution in [2.24, 2.45) is 0 Å². The minimum Gasteiger partial charge on any atom is -0.280 e. The van der Waals surface area contributed by atoms with Crippen LogP contribution in [0.25, 0.3) is 10.8 Å². The lowest BCUT2D eigenvalue weighted by atomic mass is 10.1. The summed E-state index contributed by atoms with van der Waals surface area (Å²) in [5.74, 6) is 0. The highest BCUT2D eigenvalue weighted by atomic mass is 35.5. The zero-order chi connectivity index (χ0) is 23.8. The Labute approximate surface area is 202 Å². The predicted molar refractivity (Wildman–Crippen MR) is 127 cm³/mol. The highest BCUT2D eigenvalue weighted by Gasteiger charge is 2.32. The third-order valence-corrected chi connectivity index (χ3v) is 7.71. The van der Waals surface area contributed by atoms with Crippen molar-refractivity contribution in [3.05, 3.63) is 94.5 Å². The summed E-state index contributed by atoms with van der Waals surface area (Å²) in [6.07, 6.45) is -4.74. The molecule has 170 valence electrons. The maximum Gasteiger partial charge on any atom is 0.416 e. The molecule has 0 aliphatic heterocycles. The van der Waals surface area contributed by atoms with Gasteiger partial charge in [0.15, 0.2) is 0 Å².